The van der Waals surface area contributed by atoms with E-state index in [2.05, 4.69) is 11.9 Å². The number of ketones is 1. The van der Waals surface area contributed by atoms with Crippen LogP contribution in [0.4, 0.5) is 0 Å². The predicted molar refractivity (Wildman–Crippen MR) is 99.4 cm³/mol. The maximum absolute atomic E-state index is 12.8. The first-order chi connectivity index (χ1) is 12.9. The molecular weight excluding hydrogens is 344 g/mol. The number of hydrogen-bond donors (Lipinski definition) is 1. The number of rotatable bonds is 6. The average Bonchev–Trinajstić information content (AvgIpc) is 3.04. The van der Waals surface area contributed by atoms with Gasteiger partial charge in [-0.05, 0) is 50.8 Å². The number of aryl methyl sites for hydroxylation is 1. The van der Waals surface area contributed by atoms with Crippen LogP contribution >= 0.6 is 0 Å². The molecule has 0 aromatic carbocycles. The lowest BCUT2D eigenvalue weighted by Crippen LogP contribution is -2.08. The van der Waals surface area contributed by atoms with Gasteiger partial charge in [-0.2, -0.15) is 5.26 Å². The molecule has 0 aliphatic heterocycles. The number of Topliss-reactive ketones (excluding diaryl/α,β-unsaturated/α-hetero) is 1. The number of carbonyl (C=O) groups excluding carboxylic acids is 2. The Hall–Kier alpha value is -3.07. The number of hydrogen-bond acceptors (Lipinski definition) is 5. The number of furan rings is 1. The Kier molecular flexibility index (Phi) is 5.04. The van der Waals surface area contributed by atoms with E-state index in [1.54, 1.807) is 26.8 Å². The van der Waals surface area contributed by atoms with E-state index in [0.29, 0.717) is 34.4 Å². The summed E-state index contributed by atoms with van der Waals surface area (Å²) in [5.41, 5.74) is 1.50. The van der Waals surface area contributed by atoms with Crippen LogP contribution < -0.4 is 0 Å². The molecule has 2 aromatic heterocycles. The molecule has 1 saturated carbocycles. The Morgan fingerprint density at radius 2 is 2.11 bits per heavy atom. The van der Waals surface area contributed by atoms with E-state index in [1.165, 1.54) is 6.08 Å². The molecule has 140 valence electrons. The zero-order valence-corrected chi connectivity index (χ0v) is 15.9. The van der Waals surface area contributed by atoms with Crippen LogP contribution in [0, 0.1) is 31.1 Å². The van der Waals surface area contributed by atoms with E-state index in [4.69, 9.17) is 9.15 Å². The summed E-state index contributed by atoms with van der Waals surface area (Å²) in [4.78, 5) is 27.9. The molecule has 0 unspecified atom stereocenters. The SMILES string of the molecule is CCOC(=O)c1c(C)[nH]c(C(=O)/C(C#N)=C/c2ccc([C@H]3C[C@@H]3C)o2)c1C. The number of nitrogens with zero attached hydrogens (tertiary/aromatic N) is 1. The lowest BCUT2D eigenvalue weighted by Gasteiger charge is -2.02. The van der Waals surface area contributed by atoms with Crippen LogP contribution in [0.3, 0.4) is 0 Å². The molecule has 3 rings (SSSR count). The van der Waals surface area contributed by atoms with E-state index < -0.39 is 11.8 Å². The summed E-state index contributed by atoms with van der Waals surface area (Å²) < 4.78 is 10.8. The maximum atomic E-state index is 12.8. The molecule has 1 fully saturated rings. The number of nitrogens with one attached hydrogen (secondary N) is 1. The number of H-pyrrole nitrogens is 1. The fourth-order valence-corrected chi connectivity index (χ4v) is 3.28. The van der Waals surface area contributed by atoms with E-state index >= 15 is 0 Å². The van der Waals surface area contributed by atoms with E-state index in [-0.39, 0.29) is 17.9 Å². The summed E-state index contributed by atoms with van der Waals surface area (Å²) >= 11 is 0. The van der Waals surface area contributed by atoms with Crippen molar-refractivity contribution in [1.29, 1.82) is 5.26 Å². The van der Waals surface area contributed by atoms with Gasteiger partial charge in [0.05, 0.1) is 17.9 Å². The highest BCUT2D eigenvalue weighted by atomic mass is 16.5. The van der Waals surface area contributed by atoms with Crippen molar-refractivity contribution in [2.75, 3.05) is 6.61 Å². The first-order valence-electron chi connectivity index (χ1n) is 8.99. The number of aromatic amines is 1. The first-order valence-corrected chi connectivity index (χ1v) is 8.99. The van der Waals surface area contributed by atoms with Crippen molar-refractivity contribution in [3.63, 3.8) is 0 Å². The zero-order chi connectivity index (χ0) is 19.7. The van der Waals surface area contributed by atoms with E-state index in [9.17, 15) is 14.9 Å². The fraction of sp³-hybridized carbons (Fsp3) is 0.381. The standard InChI is InChI=1S/C21H22N2O4/c1-5-26-21(25)18-12(3)19(23-13(18)4)20(24)14(10-22)9-15-6-7-17(27-15)16-8-11(16)2/h6-7,9,11,16,23H,5,8H2,1-4H3/b14-9+/t11-,16-/m0/s1. The molecule has 2 aromatic rings. The molecule has 0 radical (unpaired) electrons. The molecule has 6 heteroatoms. The maximum Gasteiger partial charge on any atom is 0.340 e. The number of aromatic nitrogens is 1. The van der Waals surface area contributed by atoms with Crippen LogP contribution in [-0.4, -0.2) is 23.3 Å². The monoisotopic (exact) mass is 366 g/mol. The number of esters is 1. The fourth-order valence-electron chi connectivity index (χ4n) is 3.28. The number of carbonyl (C=O) groups is 2. The molecule has 1 aliphatic rings. The predicted octanol–water partition coefficient (Wildman–Crippen LogP) is 4.31. The number of nitriles is 1. The summed E-state index contributed by atoms with van der Waals surface area (Å²) in [6.07, 6.45) is 2.54. The Bertz CT molecular complexity index is 971. The quantitative estimate of drug-likeness (QED) is 0.355. The van der Waals surface area contributed by atoms with Gasteiger partial charge in [0.2, 0.25) is 5.78 Å². The number of ether oxygens (including phenoxy) is 1. The van der Waals surface area contributed by atoms with Gasteiger partial charge in [-0.1, -0.05) is 6.92 Å². The van der Waals surface area contributed by atoms with Gasteiger partial charge in [0, 0.05) is 17.7 Å². The Morgan fingerprint density at radius 1 is 1.41 bits per heavy atom. The highest BCUT2D eigenvalue weighted by Crippen LogP contribution is 2.47. The van der Waals surface area contributed by atoms with Crippen molar-refractivity contribution in [2.24, 2.45) is 5.92 Å². The van der Waals surface area contributed by atoms with Gasteiger partial charge in [-0.3, -0.25) is 4.79 Å². The smallest absolute Gasteiger partial charge is 0.340 e. The van der Waals surface area contributed by atoms with Crippen LogP contribution in [0.15, 0.2) is 22.1 Å². The van der Waals surface area contributed by atoms with Gasteiger partial charge in [-0.15, -0.1) is 0 Å². The third kappa shape index (κ3) is 3.59. The Balaban J connectivity index is 1.89. The molecule has 0 saturated heterocycles. The van der Waals surface area contributed by atoms with Crippen molar-refractivity contribution < 1.29 is 18.7 Å². The molecule has 1 aliphatic carbocycles. The minimum atomic E-state index is -0.487. The van der Waals surface area contributed by atoms with Gasteiger partial charge in [0.1, 0.15) is 23.2 Å². The first kappa shape index (κ1) is 18.7. The second-order valence-electron chi connectivity index (χ2n) is 6.90. The van der Waals surface area contributed by atoms with Crippen LogP contribution in [0.1, 0.15) is 69.8 Å². The summed E-state index contributed by atoms with van der Waals surface area (Å²) in [5, 5.41) is 9.46. The highest BCUT2D eigenvalue weighted by molar-refractivity contribution is 6.15. The third-order valence-corrected chi connectivity index (χ3v) is 4.92. The van der Waals surface area contributed by atoms with Crippen LogP contribution in [-0.2, 0) is 4.74 Å². The topological polar surface area (TPSA) is 96.1 Å². The summed E-state index contributed by atoms with van der Waals surface area (Å²) in [7, 11) is 0. The highest BCUT2D eigenvalue weighted by Gasteiger charge is 2.36. The molecule has 6 nitrogen and oxygen atoms in total. The van der Waals surface area contributed by atoms with Crippen molar-refractivity contribution in [3.8, 4) is 6.07 Å². The molecule has 0 spiro atoms. The molecule has 0 bridgehead atoms. The minimum absolute atomic E-state index is 0.0560. The second-order valence-corrected chi connectivity index (χ2v) is 6.90. The van der Waals surface area contributed by atoms with Crippen molar-refractivity contribution in [1.82, 2.24) is 4.98 Å². The van der Waals surface area contributed by atoms with Crippen LogP contribution in [0.5, 0.6) is 0 Å². The van der Waals surface area contributed by atoms with Crippen LogP contribution in [0.2, 0.25) is 0 Å². The lowest BCUT2D eigenvalue weighted by molar-refractivity contribution is 0.0525. The normalized spacial score (nSPS) is 18.9. The second kappa shape index (κ2) is 7.28. The summed E-state index contributed by atoms with van der Waals surface area (Å²) in [6.45, 7) is 7.48. The van der Waals surface area contributed by atoms with Crippen molar-refractivity contribution >= 4 is 17.8 Å². The van der Waals surface area contributed by atoms with Gasteiger partial charge in [0.25, 0.3) is 0 Å². The zero-order valence-electron chi connectivity index (χ0n) is 15.9. The summed E-state index contributed by atoms with van der Waals surface area (Å²) in [5.74, 6) is 1.42. The largest absolute Gasteiger partial charge is 0.462 e. The van der Waals surface area contributed by atoms with Crippen LogP contribution in [0.25, 0.3) is 6.08 Å². The third-order valence-electron chi connectivity index (χ3n) is 4.92. The average molecular weight is 366 g/mol. The Labute approximate surface area is 157 Å². The van der Waals surface area contributed by atoms with Gasteiger partial charge < -0.3 is 14.1 Å². The van der Waals surface area contributed by atoms with Gasteiger partial charge >= 0.3 is 5.97 Å². The molecular formula is C21H22N2O4. The molecule has 1 N–H and O–H groups in total. The summed E-state index contributed by atoms with van der Waals surface area (Å²) in [6, 6.07) is 5.59. The molecule has 27 heavy (non-hydrogen) atoms. The molecule has 0 amide bonds. The van der Waals surface area contributed by atoms with Gasteiger partial charge in [-0.25, -0.2) is 4.79 Å². The van der Waals surface area contributed by atoms with Gasteiger partial charge in [0.15, 0.2) is 0 Å². The number of allylic oxidation sites excluding steroid dienone is 1. The molecule has 2 heterocycles. The lowest BCUT2D eigenvalue weighted by atomic mass is 10.0. The van der Waals surface area contributed by atoms with Crippen molar-refractivity contribution in [3.05, 3.63) is 51.7 Å². The van der Waals surface area contributed by atoms with E-state index in [0.717, 1.165) is 12.2 Å². The molecule has 2 atom stereocenters. The Morgan fingerprint density at radius 3 is 2.70 bits per heavy atom. The van der Waals surface area contributed by atoms with Crippen molar-refractivity contribution in [2.45, 2.75) is 40.0 Å². The minimum Gasteiger partial charge on any atom is -0.462 e. The van der Waals surface area contributed by atoms with E-state index in [1.807, 2.05) is 12.1 Å².